The van der Waals surface area contributed by atoms with E-state index in [1.165, 1.54) is 5.56 Å². The Labute approximate surface area is 205 Å². The molecule has 5 rings (SSSR count). The maximum Gasteiger partial charge on any atom is 0.266 e. The second-order valence-electron chi connectivity index (χ2n) is 9.23. The van der Waals surface area contributed by atoms with Crippen LogP contribution in [0.15, 0.2) is 96.0 Å². The standard InChI is InChI=1S/C29H30N4O2/c30-28-32-29(22-14-6-2-7-15-22,23-16-8-3-9-17-23)27(35)33(28)19-11-10-18-31-26(34)25-20-24(25)21-12-4-1-5-13-21/h1-9,12-17,24-25H,10-11,18-20H2,(H2,30,32)(H,31,34)/t24-,25+/m0/s1. The topological polar surface area (TPSA) is 87.8 Å². The highest BCUT2D eigenvalue weighted by atomic mass is 16.2. The van der Waals surface area contributed by atoms with Gasteiger partial charge in [-0.1, -0.05) is 91.0 Å². The summed E-state index contributed by atoms with van der Waals surface area (Å²) in [4.78, 5) is 32.5. The number of aliphatic imine (C=N–C) groups is 1. The van der Waals surface area contributed by atoms with Gasteiger partial charge in [-0.25, -0.2) is 4.99 Å². The Bertz CT molecular complexity index is 1170. The predicted molar refractivity (Wildman–Crippen MR) is 137 cm³/mol. The van der Waals surface area contributed by atoms with E-state index in [0.717, 1.165) is 24.0 Å². The van der Waals surface area contributed by atoms with Gasteiger partial charge in [0, 0.05) is 19.0 Å². The summed E-state index contributed by atoms with van der Waals surface area (Å²) in [5.74, 6) is 0.608. The van der Waals surface area contributed by atoms with Gasteiger partial charge < -0.3 is 11.1 Å². The molecule has 3 N–H and O–H groups in total. The lowest BCUT2D eigenvalue weighted by molar-refractivity contribution is -0.130. The molecule has 0 saturated heterocycles. The number of nitrogens with zero attached hydrogens (tertiary/aromatic N) is 2. The molecule has 2 atom stereocenters. The summed E-state index contributed by atoms with van der Waals surface area (Å²) in [5, 5.41) is 3.06. The second-order valence-corrected chi connectivity index (χ2v) is 9.23. The van der Waals surface area contributed by atoms with E-state index in [2.05, 4.69) is 17.4 Å². The zero-order valence-electron chi connectivity index (χ0n) is 19.6. The van der Waals surface area contributed by atoms with Crippen molar-refractivity contribution in [1.29, 1.82) is 0 Å². The van der Waals surface area contributed by atoms with Gasteiger partial charge in [0.2, 0.25) is 5.91 Å². The Hall–Kier alpha value is -3.93. The van der Waals surface area contributed by atoms with Gasteiger partial charge >= 0.3 is 0 Å². The quantitative estimate of drug-likeness (QED) is 0.471. The number of amides is 2. The smallest absolute Gasteiger partial charge is 0.266 e. The van der Waals surface area contributed by atoms with Gasteiger partial charge in [-0.3, -0.25) is 14.5 Å². The number of unbranched alkanes of at least 4 members (excludes halogenated alkanes) is 1. The van der Waals surface area contributed by atoms with E-state index >= 15 is 0 Å². The molecule has 0 bridgehead atoms. The molecule has 2 aliphatic rings. The SMILES string of the molecule is NC1=NC(c2ccccc2)(c2ccccc2)C(=O)N1CCCCNC(=O)[C@@H]1C[C@H]1c1ccccc1. The lowest BCUT2D eigenvalue weighted by Gasteiger charge is -2.27. The van der Waals surface area contributed by atoms with Crippen molar-refractivity contribution in [3.63, 3.8) is 0 Å². The van der Waals surface area contributed by atoms with Crippen molar-refractivity contribution in [1.82, 2.24) is 10.2 Å². The van der Waals surface area contributed by atoms with Crippen LogP contribution in [-0.4, -0.2) is 35.8 Å². The number of benzene rings is 3. The van der Waals surface area contributed by atoms with Crippen LogP contribution in [0.3, 0.4) is 0 Å². The van der Waals surface area contributed by atoms with Crippen molar-refractivity contribution < 1.29 is 9.59 Å². The van der Waals surface area contributed by atoms with E-state index in [1.54, 1.807) is 4.90 Å². The third-order valence-corrected chi connectivity index (χ3v) is 6.96. The Morgan fingerprint density at radius 2 is 1.49 bits per heavy atom. The van der Waals surface area contributed by atoms with Crippen LogP contribution in [-0.2, 0) is 15.1 Å². The Balaban J connectivity index is 1.17. The number of carbonyl (C=O) groups is 2. The lowest BCUT2D eigenvalue weighted by atomic mass is 9.83. The largest absolute Gasteiger partial charge is 0.369 e. The molecule has 0 aromatic heterocycles. The summed E-state index contributed by atoms with van der Waals surface area (Å²) in [6.45, 7) is 1.04. The van der Waals surface area contributed by atoms with Crippen molar-refractivity contribution in [2.75, 3.05) is 13.1 Å². The monoisotopic (exact) mass is 466 g/mol. The summed E-state index contributed by atoms with van der Waals surface area (Å²) in [6.07, 6.45) is 2.38. The average Bonchev–Trinajstić information content (AvgIpc) is 3.67. The van der Waals surface area contributed by atoms with E-state index in [1.807, 2.05) is 78.9 Å². The summed E-state index contributed by atoms with van der Waals surface area (Å²) < 4.78 is 0. The number of carbonyl (C=O) groups excluding carboxylic acids is 2. The van der Waals surface area contributed by atoms with Crippen LogP contribution >= 0.6 is 0 Å². The summed E-state index contributed by atoms with van der Waals surface area (Å²) in [6, 6.07) is 29.3. The highest BCUT2D eigenvalue weighted by molar-refractivity contribution is 6.09. The normalized spacial score (nSPS) is 20.4. The fraction of sp³-hybridized carbons (Fsp3) is 0.276. The third kappa shape index (κ3) is 4.44. The molecule has 1 fully saturated rings. The van der Waals surface area contributed by atoms with Gasteiger partial charge in [0.1, 0.15) is 0 Å². The first-order valence-corrected chi connectivity index (χ1v) is 12.2. The fourth-order valence-corrected chi connectivity index (χ4v) is 4.99. The molecule has 35 heavy (non-hydrogen) atoms. The molecule has 0 unspecified atom stereocenters. The molecule has 1 saturated carbocycles. The van der Waals surface area contributed by atoms with Crippen molar-refractivity contribution in [2.24, 2.45) is 16.6 Å². The van der Waals surface area contributed by atoms with E-state index in [0.29, 0.717) is 25.4 Å². The number of nitrogens with two attached hydrogens (primary N) is 1. The van der Waals surface area contributed by atoms with Crippen molar-refractivity contribution in [3.05, 3.63) is 108 Å². The fourth-order valence-electron chi connectivity index (χ4n) is 4.99. The zero-order valence-corrected chi connectivity index (χ0v) is 19.6. The van der Waals surface area contributed by atoms with E-state index in [9.17, 15) is 9.59 Å². The minimum Gasteiger partial charge on any atom is -0.369 e. The van der Waals surface area contributed by atoms with Crippen molar-refractivity contribution >= 4 is 17.8 Å². The number of hydrogen-bond acceptors (Lipinski definition) is 4. The van der Waals surface area contributed by atoms with Gasteiger partial charge in [-0.2, -0.15) is 0 Å². The highest BCUT2D eigenvalue weighted by Crippen LogP contribution is 2.47. The van der Waals surface area contributed by atoms with Crippen LogP contribution in [0.1, 0.15) is 41.9 Å². The van der Waals surface area contributed by atoms with E-state index in [4.69, 9.17) is 10.7 Å². The van der Waals surface area contributed by atoms with Crippen LogP contribution in [0.4, 0.5) is 0 Å². The van der Waals surface area contributed by atoms with Gasteiger partial charge in [0.25, 0.3) is 5.91 Å². The van der Waals surface area contributed by atoms with Gasteiger partial charge in [-0.05, 0) is 41.9 Å². The van der Waals surface area contributed by atoms with E-state index < -0.39 is 5.54 Å². The third-order valence-electron chi connectivity index (χ3n) is 6.96. The van der Waals surface area contributed by atoms with Crippen LogP contribution in [0.5, 0.6) is 0 Å². The van der Waals surface area contributed by atoms with Crippen LogP contribution in [0, 0.1) is 5.92 Å². The average molecular weight is 467 g/mol. The molecule has 3 aromatic carbocycles. The predicted octanol–water partition coefficient (Wildman–Crippen LogP) is 3.79. The molecule has 0 radical (unpaired) electrons. The maximum absolute atomic E-state index is 13.7. The number of nitrogens with one attached hydrogen (secondary N) is 1. The minimum atomic E-state index is -1.17. The summed E-state index contributed by atoms with van der Waals surface area (Å²) in [7, 11) is 0. The number of hydrogen-bond donors (Lipinski definition) is 2. The summed E-state index contributed by atoms with van der Waals surface area (Å²) >= 11 is 0. The Morgan fingerprint density at radius 1 is 0.914 bits per heavy atom. The molecule has 1 aliphatic heterocycles. The Kier molecular flexibility index (Phi) is 6.36. The molecule has 178 valence electrons. The molecule has 6 heteroatoms. The molecule has 6 nitrogen and oxygen atoms in total. The number of guanidine groups is 1. The minimum absolute atomic E-state index is 0.0673. The second kappa shape index (κ2) is 9.74. The zero-order chi connectivity index (χ0) is 24.3. The first kappa shape index (κ1) is 22.8. The van der Waals surface area contributed by atoms with Crippen LogP contribution in [0.2, 0.25) is 0 Å². The van der Waals surface area contributed by atoms with E-state index in [-0.39, 0.29) is 23.7 Å². The number of rotatable bonds is 9. The van der Waals surface area contributed by atoms with Gasteiger partial charge in [-0.15, -0.1) is 0 Å². The lowest BCUT2D eigenvalue weighted by Crippen LogP contribution is -2.44. The molecule has 2 amide bonds. The molecule has 1 aliphatic carbocycles. The molecule has 0 spiro atoms. The van der Waals surface area contributed by atoms with Crippen LogP contribution < -0.4 is 11.1 Å². The van der Waals surface area contributed by atoms with Gasteiger partial charge in [0.05, 0.1) is 0 Å². The molecule has 3 aromatic rings. The summed E-state index contributed by atoms with van der Waals surface area (Å²) in [5.41, 5.74) is 7.95. The van der Waals surface area contributed by atoms with Gasteiger partial charge in [0.15, 0.2) is 11.5 Å². The first-order valence-electron chi connectivity index (χ1n) is 12.2. The van der Waals surface area contributed by atoms with Crippen LogP contribution in [0.25, 0.3) is 0 Å². The highest BCUT2D eigenvalue weighted by Gasteiger charge is 2.50. The Morgan fingerprint density at radius 3 is 2.09 bits per heavy atom. The molecule has 1 heterocycles. The first-order chi connectivity index (χ1) is 17.1. The maximum atomic E-state index is 13.7. The molecular formula is C29H30N4O2. The van der Waals surface area contributed by atoms with Crippen molar-refractivity contribution in [2.45, 2.75) is 30.7 Å². The molecular weight excluding hydrogens is 436 g/mol. The van der Waals surface area contributed by atoms with Crippen molar-refractivity contribution in [3.8, 4) is 0 Å².